The minimum absolute atomic E-state index is 0.0148. The van der Waals surface area contributed by atoms with Crippen LogP contribution in [0.15, 0.2) is 34.9 Å². The molecule has 0 atom stereocenters. The Hall–Kier alpha value is -4.55. The van der Waals surface area contributed by atoms with E-state index in [-0.39, 0.29) is 27.4 Å². The Kier molecular flexibility index (Phi) is 9.02. The number of aromatic nitrogens is 7. The molecule has 48 heavy (non-hydrogen) atoms. The van der Waals surface area contributed by atoms with Crippen LogP contribution in [0.5, 0.6) is 0 Å². The van der Waals surface area contributed by atoms with Gasteiger partial charge in [-0.3, -0.25) is 19.6 Å². The highest BCUT2D eigenvalue weighted by atomic mass is 32.2. The van der Waals surface area contributed by atoms with Gasteiger partial charge >= 0.3 is 0 Å². The summed E-state index contributed by atoms with van der Waals surface area (Å²) in [5, 5.41) is 3.87. The molecule has 8 heterocycles. The molecule has 0 aliphatic carbocycles. The van der Waals surface area contributed by atoms with Crippen LogP contribution < -0.4 is 5.32 Å². The second kappa shape index (κ2) is 13.5. The highest BCUT2D eigenvalue weighted by Crippen LogP contribution is 2.29. The summed E-state index contributed by atoms with van der Waals surface area (Å²) in [6.45, 7) is 3.67. The van der Waals surface area contributed by atoms with Crippen molar-refractivity contribution in [3.8, 4) is 0 Å². The molecule has 1 N–H and O–H groups in total. The summed E-state index contributed by atoms with van der Waals surface area (Å²) in [5.74, 6) is 0.404. The third kappa shape index (κ3) is 6.72. The minimum atomic E-state index is -3.50. The molecule has 0 aromatic carbocycles. The number of likely N-dealkylation sites (tertiary alicyclic amines) is 2. The lowest BCUT2D eigenvalue weighted by Crippen LogP contribution is -2.35. The Balaban J connectivity index is 0.000000157. The first-order chi connectivity index (χ1) is 23.2. The van der Waals surface area contributed by atoms with Crippen LogP contribution in [0.3, 0.4) is 0 Å². The van der Waals surface area contributed by atoms with Crippen LogP contribution in [0.2, 0.25) is 0 Å². The molecule has 2 amide bonds. The van der Waals surface area contributed by atoms with Gasteiger partial charge < -0.3 is 15.1 Å². The van der Waals surface area contributed by atoms with Crippen LogP contribution in [0.4, 0.5) is 11.5 Å². The average Bonchev–Trinajstić information content (AvgIpc) is 3.87. The van der Waals surface area contributed by atoms with E-state index in [2.05, 4.69) is 45.2 Å². The molecule has 5 aromatic rings. The summed E-state index contributed by atoms with van der Waals surface area (Å²) in [6.07, 6.45) is 13.7. The van der Waals surface area contributed by atoms with E-state index in [1.807, 2.05) is 17.2 Å². The average molecular weight is 706 g/mol. The number of amides is 2. The normalized spacial score (nSPS) is 16.1. The van der Waals surface area contributed by atoms with Crippen LogP contribution in [0.25, 0.3) is 20.7 Å². The fraction of sp³-hybridized carbons (Fsp3) is 0.400. The Bertz CT molecular complexity index is 2150. The lowest BCUT2D eigenvalue weighted by Gasteiger charge is -2.25. The monoisotopic (exact) mass is 705 g/mol. The zero-order valence-corrected chi connectivity index (χ0v) is 28.4. The van der Waals surface area contributed by atoms with Crippen molar-refractivity contribution in [2.75, 3.05) is 37.8 Å². The Morgan fingerprint density at radius 2 is 1.35 bits per heavy atom. The van der Waals surface area contributed by atoms with Gasteiger partial charge in [-0.1, -0.05) is 22.7 Å². The number of carbonyl (C=O) groups is 2. The third-order valence-corrected chi connectivity index (χ3v) is 11.0. The Morgan fingerprint density at radius 3 is 1.98 bits per heavy atom. The van der Waals surface area contributed by atoms with Crippen molar-refractivity contribution in [1.29, 1.82) is 0 Å². The second-order valence-corrected chi connectivity index (χ2v) is 15.5. The van der Waals surface area contributed by atoms with Gasteiger partial charge in [0.15, 0.2) is 30.7 Å². The van der Waals surface area contributed by atoms with Crippen molar-refractivity contribution < 1.29 is 18.0 Å². The first kappa shape index (κ1) is 32.0. The summed E-state index contributed by atoms with van der Waals surface area (Å²) < 4.78 is 23.4. The number of piperidine rings is 2. The van der Waals surface area contributed by atoms with Gasteiger partial charge in [-0.2, -0.15) is 0 Å². The maximum atomic E-state index is 12.7. The van der Waals surface area contributed by atoms with Crippen molar-refractivity contribution in [1.82, 2.24) is 44.7 Å². The largest absolute Gasteiger partial charge is 0.337 e. The molecule has 0 unspecified atom stereocenters. The number of carbonyl (C=O) groups excluding carboxylic acids is 2. The molecular weight excluding hydrogens is 675 g/mol. The first-order valence-corrected chi connectivity index (χ1v) is 19.0. The molecule has 15 nitrogen and oxygen atoms in total. The van der Waals surface area contributed by atoms with Crippen molar-refractivity contribution in [3.63, 3.8) is 0 Å². The van der Waals surface area contributed by atoms with Gasteiger partial charge in [0.2, 0.25) is 0 Å². The van der Waals surface area contributed by atoms with Gasteiger partial charge in [-0.25, -0.2) is 38.3 Å². The summed E-state index contributed by atoms with van der Waals surface area (Å²) in [7, 11) is -3.50. The van der Waals surface area contributed by atoms with E-state index in [1.54, 1.807) is 11.1 Å². The standard InChI is InChI=1S/C18H17N7OS.C12H14N4O3S2/c26-18(25-4-2-1-3-5-25)17-24-14-15(21-10-22-16(14)27-17)23-12-6-11-7-19-9-13(11)20-8-12;1-21(18,19)11-8-9(13-7-14-11)20-10(15-8)12(17)16-5-3-2-4-6-16/h6-8,10H,1-5,9H2,(H,21,22,23);7H,2-6H2,1H3. The van der Waals surface area contributed by atoms with E-state index < -0.39 is 9.84 Å². The number of fused-ring (bicyclic) bond motifs is 3. The lowest BCUT2D eigenvalue weighted by atomic mass is 10.1. The number of hydrogen-bond donors (Lipinski definition) is 1. The van der Waals surface area contributed by atoms with Crippen molar-refractivity contribution >= 4 is 82.7 Å². The molecule has 5 aromatic heterocycles. The number of nitrogens with zero attached hydrogens (tertiary/aromatic N) is 10. The molecule has 0 saturated carbocycles. The third-order valence-electron chi connectivity index (χ3n) is 8.10. The summed E-state index contributed by atoms with van der Waals surface area (Å²) in [6, 6.07) is 1.99. The topological polar surface area (TPSA) is 189 Å². The zero-order chi connectivity index (χ0) is 33.3. The van der Waals surface area contributed by atoms with Crippen LogP contribution in [0.1, 0.15) is 69.4 Å². The molecule has 248 valence electrons. The zero-order valence-electron chi connectivity index (χ0n) is 26.0. The summed E-state index contributed by atoms with van der Waals surface area (Å²) >= 11 is 2.43. The van der Waals surface area contributed by atoms with Gasteiger partial charge in [0.1, 0.15) is 33.3 Å². The molecule has 2 fully saturated rings. The number of pyridine rings is 1. The predicted octanol–water partition coefficient (Wildman–Crippen LogP) is 3.90. The number of sulfone groups is 1. The van der Waals surface area contributed by atoms with E-state index in [9.17, 15) is 18.0 Å². The number of thiazole rings is 2. The maximum absolute atomic E-state index is 12.7. The summed E-state index contributed by atoms with van der Waals surface area (Å²) in [5.41, 5.74) is 3.57. The van der Waals surface area contributed by atoms with Crippen LogP contribution in [-0.2, 0) is 16.4 Å². The highest BCUT2D eigenvalue weighted by molar-refractivity contribution is 7.90. The van der Waals surface area contributed by atoms with Crippen LogP contribution in [-0.4, -0.2) is 104 Å². The maximum Gasteiger partial charge on any atom is 0.282 e. The van der Waals surface area contributed by atoms with Gasteiger partial charge in [0.25, 0.3) is 11.8 Å². The SMILES string of the molecule is CS(=O)(=O)c1ncnc2sc(C(=O)N3CCCCC3)nc12.O=C(c1nc2c(Nc3cnc4c(c3)C=NC4)ncnc2s1)N1CCCCC1. The molecule has 18 heteroatoms. The number of anilines is 2. The summed E-state index contributed by atoms with van der Waals surface area (Å²) in [4.78, 5) is 63.7. The minimum Gasteiger partial charge on any atom is -0.337 e. The number of hydrogen-bond acceptors (Lipinski definition) is 15. The molecule has 2 saturated heterocycles. The first-order valence-electron chi connectivity index (χ1n) is 15.5. The van der Waals surface area contributed by atoms with Crippen molar-refractivity contribution in [2.24, 2.45) is 4.99 Å². The van der Waals surface area contributed by atoms with Gasteiger partial charge in [0, 0.05) is 44.2 Å². The lowest BCUT2D eigenvalue weighted by molar-refractivity contribution is 0.0717. The molecule has 0 spiro atoms. The van der Waals surface area contributed by atoms with Gasteiger partial charge in [-0.05, 0) is 44.6 Å². The smallest absolute Gasteiger partial charge is 0.282 e. The number of rotatable bonds is 5. The van der Waals surface area contributed by atoms with E-state index in [0.717, 1.165) is 92.8 Å². The van der Waals surface area contributed by atoms with Crippen LogP contribution >= 0.6 is 22.7 Å². The fourth-order valence-electron chi connectivity index (χ4n) is 5.69. The Morgan fingerprint density at radius 1 is 0.771 bits per heavy atom. The quantitative estimate of drug-likeness (QED) is 0.260. The predicted molar refractivity (Wildman–Crippen MR) is 182 cm³/mol. The molecular formula is C30H31N11O4S3. The second-order valence-electron chi connectivity index (χ2n) is 11.6. The molecule has 3 aliphatic rings. The number of aliphatic imine (C=N–C) groups is 1. The molecule has 0 radical (unpaired) electrons. The van der Waals surface area contributed by atoms with E-state index in [0.29, 0.717) is 32.5 Å². The molecule has 8 rings (SSSR count). The van der Waals surface area contributed by atoms with Crippen molar-refractivity contribution in [3.05, 3.63) is 46.2 Å². The van der Waals surface area contributed by atoms with E-state index in [4.69, 9.17) is 0 Å². The van der Waals surface area contributed by atoms with Crippen molar-refractivity contribution in [2.45, 2.75) is 50.1 Å². The number of nitrogens with one attached hydrogen (secondary N) is 1. The Labute approximate surface area is 283 Å². The van der Waals surface area contributed by atoms with E-state index in [1.165, 1.54) is 30.4 Å². The fourth-order valence-corrected chi connectivity index (χ4v) is 8.24. The highest BCUT2D eigenvalue weighted by Gasteiger charge is 2.26. The molecule has 0 bridgehead atoms. The van der Waals surface area contributed by atoms with Gasteiger partial charge in [0.05, 0.1) is 24.1 Å². The van der Waals surface area contributed by atoms with E-state index >= 15 is 0 Å². The van der Waals surface area contributed by atoms with Crippen LogP contribution in [0, 0.1) is 0 Å². The molecule has 3 aliphatic heterocycles. The van der Waals surface area contributed by atoms with Gasteiger partial charge in [-0.15, -0.1) is 0 Å².